The van der Waals surface area contributed by atoms with Crippen molar-refractivity contribution >= 4 is 10.1 Å². The van der Waals surface area contributed by atoms with Crippen molar-refractivity contribution in [2.45, 2.75) is 11.5 Å². The van der Waals surface area contributed by atoms with E-state index in [1.807, 2.05) is 0 Å². The Hall–Kier alpha value is 0.0900. The quantitative estimate of drug-likeness (QED) is 0.421. The van der Waals surface area contributed by atoms with Crippen LogP contribution in [0, 0.1) is 0 Å². The van der Waals surface area contributed by atoms with Crippen LogP contribution >= 0.6 is 0 Å². The van der Waals surface area contributed by atoms with Gasteiger partial charge >= 0.3 is 29.6 Å². The molecule has 1 aromatic carbocycles. The van der Waals surface area contributed by atoms with Crippen molar-refractivity contribution in [3.63, 3.8) is 0 Å². The van der Waals surface area contributed by atoms with Gasteiger partial charge in [-0.05, 0) is 11.6 Å². The SMILES string of the molecule is O=S(=O)(O)c1ccccc1CO.[H-].[Na+]. The molecule has 0 aliphatic carbocycles. The zero-order valence-electron chi connectivity index (χ0n) is 8.14. The first-order chi connectivity index (χ1) is 5.55. The molecule has 0 aliphatic rings. The second-order valence-corrected chi connectivity index (χ2v) is 3.63. The molecule has 0 unspecified atom stereocenters. The minimum Gasteiger partial charge on any atom is -1.00 e. The van der Waals surface area contributed by atoms with Crippen LogP contribution in [0.2, 0.25) is 0 Å². The average molecular weight is 212 g/mol. The number of hydrogen-bond acceptors (Lipinski definition) is 3. The molecular weight excluding hydrogens is 203 g/mol. The zero-order valence-corrected chi connectivity index (χ0v) is 9.95. The van der Waals surface area contributed by atoms with Crippen molar-refractivity contribution in [1.29, 1.82) is 0 Å². The monoisotopic (exact) mass is 212 g/mol. The van der Waals surface area contributed by atoms with Gasteiger partial charge < -0.3 is 6.53 Å². The van der Waals surface area contributed by atoms with E-state index in [9.17, 15) is 8.42 Å². The summed E-state index contributed by atoms with van der Waals surface area (Å²) >= 11 is 0. The maximum atomic E-state index is 10.7. The summed E-state index contributed by atoms with van der Waals surface area (Å²) in [5, 5.41) is 8.71. The first-order valence-electron chi connectivity index (χ1n) is 3.22. The standard InChI is InChI=1S/C7H8O4S.Na.H/c8-5-6-3-1-2-4-7(6)12(9,10)11;;/h1-4,8H,5H2,(H,9,10,11);;/q;+1;-1. The molecule has 0 aromatic heterocycles. The number of hydrogen-bond donors (Lipinski definition) is 2. The van der Waals surface area contributed by atoms with E-state index in [2.05, 4.69) is 0 Å². The molecule has 0 saturated carbocycles. The first-order valence-corrected chi connectivity index (χ1v) is 4.66. The van der Waals surface area contributed by atoms with Crippen LogP contribution < -0.4 is 29.6 Å². The Bertz CT molecular complexity index is 379. The fraction of sp³-hybridized carbons (Fsp3) is 0.143. The van der Waals surface area contributed by atoms with Crippen molar-refractivity contribution < 1.29 is 49.1 Å². The smallest absolute Gasteiger partial charge is 1.00 e. The summed E-state index contributed by atoms with van der Waals surface area (Å²) in [6, 6.07) is 5.73. The first kappa shape index (κ1) is 13.1. The Morgan fingerprint density at radius 3 is 2.23 bits per heavy atom. The predicted octanol–water partition coefficient (Wildman–Crippen LogP) is -2.46. The van der Waals surface area contributed by atoms with Crippen molar-refractivity contribution in [3.8, 4) is 0 Å². The maximum Gasteiger partial charge on any atom is 1.00 e. The number of aliphatic hydroxyl groups is 1. The Morgan fingerprint density at radius 1 is 1.31 bits per heavy atom. The molecule has 0 amide bonds. The van der Waals surface area contributed by atoms with E-state index >= 15 is 0 Å². The molecule has 1 rings (SSSR count). The van der Waals surface area contributed by atoms with E-state index in [-0.39, 0.29) is 41.4 Å². The summed E-state index contributed by atoms with van der Waals surface area (Å²) in [6.07, 6.45) is 0. The molecule has 0 atom stereocenters. The molecule has 0 fully saturated rings. The summed E-state index contributed by atoms with van der Waals surface area (Å²) in [5.41, 5.74) is 0.194. The molecular formula is C7H9NaO4S. The van der Waals surface area contributed by atoms with Crippen LogP contribution in [0.4, 0.5) is 0 Å². The molecule has 0 spiro atoms. The topological polar surface area (TPSA) is 74.6 Å². The summed E-state index contributed by atoms with van der Waals surface area (Å²) in [5.74, 6) is 0. The van der Waals surface area contributed by atoms with E-state index in [1.165, 1.54) is 18.2 Å². The Kier molecular flexibility index (Phi) is 5.13. The fourth-order valence-electron chi connectivity index (χ4n) is 0.886. The fourth-order valence-corrected chi connectivity index (χ4v) is 1.60. The summed E-state index contributed by atoms with van der Waals surface area (Å²) in [7, 11) is -4.21. The van der Waals surface area contributed by atoms with Gasteiger partial charge in [-0.15, -0.1) is 0 Å². The summed E-state index contributed by atoms with van der Waals surface area (Å²) in [6.45, 7) is -0.407. The third-order valence-corrected chi connectivity index (χ3v) is 2.37. The van der Waals surface area contributed by atoms with Gasteiger partial charge in [0, 0.05) is 0 Å². The minimum absolute atomic E-state index is 0. The molecule has 68 valence electrons. The van der Waals surface area contributed by atoms with Crippen molar-refractivity contribution in [3.05, 3.63) is 29.8 Å². The molecule has 6 heteroatoms. The molecule has 2 N–H and O–H groups in total. The molecule has 0 radical (unpaired) electrons. The predicted molar refractivity (Wildman–Crippen MR) is 43.3 cm³/mol. The molecule has 13 heavy (non-hydrogen) atoms. The Labute approximate surface area is 100 Å². The van der Waals surface area contributed by atoms with Crippen molar-refractivity contribution in [1.82, 2.24) is 0 Å². The summed E-state index contributed by atoms with van der Waals surface area (Å²) in [4.78, 5) is -0.243. The number of rotatable bonds is 2. The minimum atomic E-state index is -4.21. The van der Waals surface area contributed by atoms with E-state index in [1.54, 1.807) is 6.07 Å². The Balaban J connectivity index is 0. The molecule has 0 heterocycles. The van der Waals surface area contributed by atoms with Gasteiger partial charge in [-0.3, -0.25) is 4.55 Å². The van der Waals surface area contributed by atoms with E-state index in [0.717, 1.165) is 0 Å². The van der Waals surface area contributed by atoms with Crippen LogP contribution in [-0.2, 0) is 16.7 Å². The molecule has 0 bridgehead atoms. The number of aliphatic hydroxyl groups excluding tert-OH is 1. The van der Waals surface area contributed by atoms with Crippen molar-refractivity contribution in [2.24, 2.45) is 0 Å². The molecule has 0 saturated heterocycles. The van der Waals surface area contributed by atoms with Gasteiger partial charge in [0.2, 0.25) is 0 Å². The van der Waals surface area contributed by atoms with Gasteiger partial charge in [-0.2, -0.15) is 8.42 Å². The van der Waals surface area contributed by atoms with Crippen molar-refractivity contribution in [2.75, 3.05) is 0 Å². The second-order valence-electron chi connectivity index (χ2n) is 2.24. The molecule has 4 nitrogen and oxygen atoms in total. The van der Waals surface area contributed by atoms with E-state index in [4.69, 9.17) is 9.66 Å². The van der Waals surface area contributed by atoms with Crippen LogP contribution in [0.3, 0.4) is 0 Å². The van der Waals surface area contributed by atoms with Gasteiger partial charge in [0.25, 0.3) is 10.1 Å². The third kappa shape index (κ3) is 3.38. The number of benzene rings is 1. The Morgan fingerprint density at radius 2 is 1.85 bits per heavy atom. The van der Waals surface area contributed by atoms with Gasteiger partial charge in [0.05, 0.1) is 11.5 Å². The van der Waals surface area contributed by atoms with Crippen LogP contribution in [0.1, 0.15) is 6.99 Å². The van der Waals surface area contributed by atoms with Crippen LogP contribution in [0.15, 0.2) is 29.2 Å². The molecule has 0 aliphatic heterocycles. The maximum absolute atomic E-state index is 10.7. The average Bonchev–Trinajstić information content (AvgIpc) is 2.03. The van der Waals surface area contributed by atoms with Crippen LogP contribution in [0.5, 0.6) is 0 Å². The summed E-state index contributed by atoms with van der Waals surface area (Å²) < 4.78 is 30.0. The van der Waals surface area contributed by atoms with Crippen LogP contribution in [0.25, 0.3) is 0 Å². The van der Waals surface area contributed by atoms with Gasteiger partial charge in [-0.25, -0.2) is 0 Å². The normalized spacial score (nSPS) is 10.6. The van der Waals surface area contributed by atoms with Gasteiger partial charge in [0.1, 0.15) is 0 Å². The largest absolute Gasteiger partial charge is 1.00 e. The zero-order chi connectivity index (χ0) is 9.19. The van der Waals surface area contributed by atoms with Crippen LogP contribution in [-0.4, -0.2) is 18.1 Å². The van der Waals surface area contributed by atoms with Gasteiger partial charge in [-0.1, -0.05) is 18.2 Å². The van der Waals surface area contributed by atoms with Gasteiger partial charge in [0.15, 0.2) is 0 Å². The molecule has 1 aromatic rings. The van der Waals surface area contributed by atoms with E-state index in [0.29, 0.717) is 0 Å². The van der Waals surface area contributed by atoms with E-state index < -0.39 is 16.7 Å². The second kappa shape index (κ2) is 5.09. The third-order valence-electron chi connectivity index (χ3n) is 1.42.